The third kappa shape index (κ3) is 6.83. The van der Waals surface area contributed by atoms with Gasteiger partial charge >= 0.3 is 6.18 Å². The van der Waals surface area contributed by atoms with E-state index >= 15 is 0 Å². The Kier molecular flexibility index (Phi) is 8.24. The van der Waals surface area contributed by atoms with Crippen LogP contribution in [0.25, 0.3) is 0 Å². The van der Waals surface area contributed by atoms with E-state index in [2.05, 4.69) is 26.5 Å². The minimum atomic E-state index is -4.83. The molecule has 0 spiro atoms. The van der Waals surface area contributed by atoms with Gasteiger partial charge in [0, 0.05) is 4.47 Å². The molecule has 0 atom stereocenters. The molecule has 35 heavy (non-hydrogen) atoms. The van der Waals surface area contributed by atoms with Crippen LogP contribution < -0.4 is 9.73 Å². The van der Waals surface area contributed by atoms with Crippen molar-refractivity contribution >= 4 is 55.4 Å². The Bertz CT molecular complexity index is 1350. The first-order chi connectivity index (χ1) is 16.4. The first kappa shape index (κ1) is 26.7. The summed E-state index contributed by atoms with van der Waals surface area (Å²) in [5.74, 6) is -0.863. The number of amides is 1. The lowest BCUT2D eigenvalue weighted by Crippen LogP contribution is -2.39. The van der Waals surface area contributed by atoms with E-state index in [9.17, 15) is 26.4 Å². The van der Waals surface area contributed by atoms with E-state index in [1.54, 1.807) is 31.2 Å². The predicted molar refractivity (Wildman–Crippen MR) is 132 cm³/mol. The summed E-state index contributed by atoms with van der Waals surface area (Å²) in [6.07, 6.45) is -3.49. The molecule has 3 rings (SSSR count). The van der Waals surface area contributed by atoms with Gasteiger partial charge in [0.15, 0.2) is 0 Å². The Morgan fingerprint density at radius 3 is 2.31 bits per heavy atom. The maximum atomic E-state index is 13.4. The molecule has 3 aromatic carbocycles. The Morgan fingerprint density at radius 2 is 1.71 bits per heavy atom. The van der Waals surface area contributed by atoms with E-state index in [1.165, 1.54) is 30.5 Å². The van der Waals surface area contributed by atoms with Gasteiger partial charge in [-0.25, -0.2) is 13.8 Å². The second-order valence-corrected chi connectivity index (χ2v) is 10.5. The number of carbonyl (C=O) groups is 1. The zero-order valence-corrected chi connectivity index (χ0v) is 21.2. The van der Waals surface area contributed by atoms with Crippen molar-refractivity contribution in [1.82, 2.24) is 5.43 Å². The van der Waals surface area contributed by atoms with E-state index in [0.717, 1.165) is 22.2 Å². The van der Waals surface area contributed by atoms with Crippen molar-refractivity contribution in [2.24, 2.45) is 5.10 Å². The Morgan fingerprint density at radius 1 is 1.09 bits per heavy atom. The van der Waals surface area contributed by atoms with E-state index < -0.39 is 39.2 Å². The highest BCUT2D eigenvalue weighted by molar-refractivity contribution is 9.10. The number of nitrogens with zero attached hydrogens (tertiary/aromatic N) is 2. The van der Waals surface area contributed by atoms with Crippen molar-refractivity contribution in [3.05, 3.63) is 92.9 Å². The number of alkyl halides is 3. The second-order valence-electron chi connectivity index (χ2n) is 7.33. The van der Waals surface area contributed by atoms with Gasteiger partial charge in [0.25, 0.3) is 15.9 Å². The van der Waals surface area contributed by atoms with Crippen LogP contribution in [0.15, 0.2) is 81.2 Å². The maximum Gasteiger partial charge on any atom is 0.417 e. The highest BCUT2D eigenvalue weighted by Gasteiger charge is 2.35. The lowest BCUT2D eigenvalue weighted by Gasteiger charge is -2.25. The largest absolute Gasteiger partial charge is 0.417 e. The smallest absolute Gasteiger partial charge is 0.271 e. The minimum absolute atomic E-state index is 0.197. The molecule has 0 aromatic heterocycles. The van der Waals surface area contributed by atoms with Crippen molar-refractivity contribution in [3.8, 4) is 0 Å². The molecule has 1 N–H and O–H groups in total. The lowest BCUT2D eigenvalue weighted by atomic mass is 10.2. The molecule has 0 aliphatic rings. The van der Waals surface area contributed by atoms with E-state index in [-0.39, 0.29) is 10.6 Å². The van der Waals surface area contributed by atoms with Crippen LogP contribution in [0.5, 0.6) is 0 Å². The number of anilines is 1. The second kappa shape index (κ2) is 10.8. The van der Waals surface area contributed by atoms with Crippen molar-refractivity contribution < 1.29 is 26.4 Å². The normalized spacial score (nSPS) is 12.1. The van der Waals surface area contributed by atoms with Crippen LogP contribution in [0.3, 0.4) is 0 Å². The molecular weight excluding hydrogens is 571 g/mol. The van der Waals surface area contributed by atoms with Crippen LogP contribution in [0.1, 0.15) is 16.7 Å². The van der Waals surface area contributed by atoms with Crippen molar-refractivity contribution in [2.75, 3.05) is 10.8 Å². The van der Waals surface area contributed by atoms with Crippen LogP contribution in [-0.4, -0.2) is 27.1 Å². The van der Waals surface area contributed by atoms with Crippen LogP contribution in [0.2, 0.25) is 5.02 Å². The monoisotopic (exact) mass is 587 g/mol. The maximum absolute atomic E-state index is 13.4. The van der Waals surface area contributed by atoms with E-state index in [1.807, 2.05) is 0 Å². The number of nitrogens with one attached hydrogen (secondary N) is 1. The van der Waals surface area contributed by atoms with Gasteiger partial charge in [0.1, 0.15) is 6.54 Å². The number of hydrogen-bond donors (Lipinski definition) is 1. The van der Waals surface area contributed by atoms with Gasteiger partial charge in [-0.05, 0) is 55.0 Å². The zero-order chi connectivity index (χ0) is 25.8. The Balaban J connectivity index is 1.94. The number of benzene rings is 3. The number of sulfonamides is 1. The molecule has 0 saturated heterocycles. The molecule has 12 heteroatoms. The van der Waals surface area contributed by atoms with Crippen LogP contribution in [-0.2, 0) is 21.0 Å². The number of hydrazone groups is 1. The molecular formula is C23H18BrClF3N3O3S. The first-order valence-electron chi connectivity index (χ1n) is 9.91. The summed E-state index contributed by atoms with van der Waals surface area (Å²) < 4.78 is 68.4. The molecule has 0 aliphatic heterocycles. The summed E-state index contributed by atoms with van der Waals surface area (Å²) in [6.45, 7) is 0.923. The molecule has 184 valence electrons. The summed E-state index contributed by atoms with van der Waals surface area (Å²) in [7, 11) is -4.42. The molecule has 6 nitrogen and oxygen atoms in total. The number of carbonyl (C=O) groups excluding carboxylic acids is 1. The minimum Gasteiger partial charge on any atom is -0.271 e. The van der Waals surface area contributed by atoms with Gasteiger partial charge in [-0.3, -0.25) is 9.10 Å². The quantitative estimate of drug-likeness (QED) is 0.281. The van der Waals surface area contributed by atoms with Gasteiger partial charge in [-0.1, -0.05) is 57.4 Å². The highest BCUT2D eigenvalue weighted by Crippen LogP contribution is 2.38. The zero-order valence-electron chi connectivity index (χ0n) is 18.1. The summed E-state index contributed by atoms with van der Waals surface area (Å²) in [4.78, 5) is 12.4. The van der Waals surface area contributed by atoms with Gasteiger partial charge in [0.05, 0.1) is 27.4 Å². The summed E-state index contributed by atoms with van der Waals surface area (Å²) in [6, 6.07) is 15.3. The first-order valence-corrected chi connectivity index (χ1v) is 12.5. The summed E-state index contributed by atoms with van der Waals surface area (Å²) >= 11 is 8.98. The average Bonchev–Trinajstić information content (AvgIpc) is 2.79. The molecule has 0 fully saturated rings. The number of halogens is 5. The number of rotatable bonds is 7. The van der Waals surface area contributed by atoms with Crippen molar-refractivity contribution in [1.29, 1.82) is 0 Å². The fourth-order valence-corrected chi connectivity index (χ4v) is 4.83. The fourth-order valence-electron chi connectivity index (χ4n) is 2.93. The van der Waals surface area contributed by atoms with E-state index in [0.29, 0.717) is 15.9 Å². The standard InChI is InChI=1S/C23H18BrClF3N3O3S/c1-15-2-9-19(10-3-15)35(33,34)31(18-8-11-21(25)20(12-18)23(26,27)28)14-22(32)30-29-13-16-4-6-17(24)7-5-16/h2-13H,14H2,1H3,(H,30,32)/b29-13-. The average molecular weight is 589 g/mol. The molecule has 0 bridgehead atoms. The summed E-state index contributed by atoms with van der Waals surface area (Å²) in [5, 5.41) is 3.19. The van der Waals surface area contributed by atoms with Crippen LogP contribution in [0, 0.1) is 6.92 Å². The van der Waals surface area contributed by atoms with Gasteiger partial charge < -0.3 is 0 Å². The van der Waals surface area contributed by atoms with Gasteiger partial charge in [0.2, 0.25) is 0 Å². The molecule has 0 saturated carbocycles. The molecule has 0 unspecified atom stereocenters. The van der Waals surface area contributed by atoms with Crippen LogP contribution >= 0.6 is 27.5 Å². The fraction of sp³-hybridized carbons (Fsp3) is 0.130. The highest BCUT2D eigenvalue weighted by atomic mass is 79.9. The molecule has 3 aromatic rings. The van der Waals surface area contributed by atoms with Crippen molar-refractivity contribution in [2.45, 2.75) is 18.0 Å². The topological polar surface area (TPSA) is 78.8 Å². The number of hydrogen-bond acceptors (Lipinski definition) is 4. The Labute approximate surface area is 213 Å². The molecule has 0 aliphatic carbocycles. The third-order valence-electron chi connectivity index (χ3n) is 4.71. The summed E-state index contributed by atoms with van der Waals surface area (Å²) in [5.41, 5.74) is 2.03. The third-order valence-corrected chi connectivity index (χ3v) is 7.36. The predicted octanol–water partition coefficient (Wildman–Crippen LogP) is 5.78. The van der Waals surface area contributed by atoms with Gasteiger partial charge in [-0.15, -0.1) is 0 Å². The van der Waals surface area contributed by atoms with Crippen molar-refractivity contribution in [3.63, 3.8) is 0 Å². The SMILES string of the molecule is Cc1ccc(S(=O)(=O)N(CC(=O)N/N=C\c2ccc(Br)cc2)c2ccc(Cl)c(C(F)(F)F)c2)cc1. The number of aryl methyl sites for hydroxylation is 1. The molecule has 0 radical (unpaired) electrons. The van der Waals surface area contributed by atoms with E-state index in [4.69, 9.17) is 11.6 Å². The molecule has 0 heterocycles. The molecule has 1 amide bonds. The van der Waals surface area contributed by atoms with Gasteiger partial charge in [-0.2, -0.15) is 18.3 Å². The van der Waals surface area contributed by atoms with Crippen LogP contribution in [0.4, 0.5) is 18.9 Å². The lowest BCUT2D eigenvalue weighted by molar-refractivity contribution is -0.137. The Hall–Kier alpha value is -2.89.